The third-order valence-electron chi connectivity index (χ3n) is 1.55. The number of nitrogens with zero attached hydrogens (tertiary/aromatic N) is 3. The van der Waals surface area contributed by atoms with Crippen LogP contribution in [0, 0.1) is 0 Å². The molecule has 0 bridgehead atoms. The largest absolute Gasteiger partial charge is 0.504 e. The predicted octanol–water partition coefficient (Wildman–Crippen LogP) is 0.0976. The molecule has 0 saturated heterocycles. The first-order valence-electron chi connectivity index (χ1n) is 3.54. The Labute approximate surface area is 69.3 Å². The second-order valence-corrected chi connectivity index (χ2v) is 2.36. The maximum atomic E-state index is 9.37. The Morgan fingerprint density at radius 3 is 3.17 bits per heavy atom. The zero-order valence-corrected chi connectivity index (χ0v) is 6.31. The van der Waals surface area contributed by atoms with Crippen molar-refractivity contribution >= 4 is 12.2 Å². The average Bonchev–Trinajstić information content (AvgIpc) is 2.57. The van der Waals surface area contributed by atoms with Gasteiger partial charge in [0.15, 0.2) is 11.6 Å². The molecule has 1 aromatic rings. The quantitative estimate of drug-likeness (QED) is 0.618. The molecule has 0 radical (unpaired) electrons. The first-order valence-corrected chi connectivity index (χ1v) is 3.54. The lowest BCUT2D eigenvalue weighted by Crippen LogP contribution is -2.32. The molecule has 0 aromatic carbocycles. The highest BCUT2D eigenvalue weighted by Gasteiger charge is 2.12. The van der Waals surface area contributed by atoms with Gasteiger partial charge in [-0.2, -0.15) is 0 Å². The molecule has 5 nitrogen and oxygen atoms in total. The number of hydrogen-bond donors (Lipinski definition) is 2. The summed E-state index contributed by atoms with van der Waals surface area (Å²) in [6.45, 7) is 0.477. The summed E-state index contributed by atoms with van der Waals surface area (Å²) in [6.07, 6.45) is 3.18. The van der Waals surface area contributed by atoms with Gasteiger partial charge in [-0.1, -0.05) is 0 Å². The van der Waals surface area contributed by atoms with Crippen molar-refractivity contribution in [1.29, 1.82) is 0 Å². The number of rotatable bonds is 1. The van der Waals surface area contributed by atoms with E-state index < -0.39 is 0 Å². The highest BCUT2D eigenvalue weighted by molar-refractivity contribution is 5.64. The Bertz CT molecular complexity index is 304. The average molecular weight is 164 g/mol. The van der Waals surface area contributed by atoms with Gasteiger partial charge in [0.1, 0.15) is 13.0 Å². The van der Waals surface area contributed by atoms with Gasteiger partial charge in [0.2, 0.25) is 0 Å². The molecule has 0 unspecified atom stereocenters. The maximum absolute atomic E-state index is 9.37. The number of nitrogens with one attached hydrogen (secondary N) is 1. The van der Waals surface area contributed by atoms with Gasteiger partial charge in [0.05, 0.1) is 0 Å². The lowest BCUT2D eigenvalue weighted by Gasteiger charge is -2.15. The van der Waals surface area contributed by atoms with Crippen molar-refractivity contribution in [3.63, 3.8) is 0 Å². The molecule has 0 spiro atoms. The third-order valence-corrected chi connectivity index (χ3v) is 1.55. The molecule has 0 saturated carbocycles. The Kier molecular flexibility index (Phi) is 1.55. The molecule has 12 heavy (non-hydrogen) atoms. The molecule has 0 atom stereocenters. The van der Waals surface area contributed by atoms with Crippen LogP contribution in [-0.4, -0.2) is 23.1 Å². The number of hydrazine groups is 1. The van der Waals surface area contributed by atoms with Gasteiger partial charge in [-0.05, 0) is 12.1 Å². The van der Waals surface area contributed by atoms with Crippen molar-refractivity contribution in [2.24, 2.45) is 4.99 Å². The highest BCUT2D eigenvalue weighted by atomic mass is 16.3. The molecule has 0 amide bonds. The fraction of sp³-hybridized carbons (Fsp3) is 0.143. The van der Waals surface area contributed by atoms with E-state index in [1.165, 1.54) is 0 Å². The van der Waals surface area contributed by atoms with Crippen molar-refractivity contribution in [1.82, 2.24) is 10.4 Å². The van der Waals surface area contributed by atoms with Crippen molar-refractivity contribution in [3.05, 3.63) is 18.3 Å². The Morgan fingerprint density at radius 2 is 2.50 bits per heavy atom. The number of pyridine rings is 1. The van der Waals surface area contributed by atoms with E-state index in [-0.39, 0.29) is 5.75 Å². The lowest BCUT2D eigenvalue weighted by molar-refractivity contribution is 0.471. The smallest absolute Gasteiger partial charge is 0.191 e. The van der Waals surface area contributed by atoms with E-state index in [0.717, 1.165) is 0 Å². The molecule has 1 aliphatic heterocycles. The Morgan fingerprint density at radius 1 is 1.58 bits per heavy atom. The molecule has 1 aromatic heterocycles. The van der Waals surface area contributed by atoms with Crippen LogP contribution in [0.25, 0.3) is 0 Å². The molecule has 62 valence electrons. The van der Waals surface area contributed by atoms with Crippen LogP contribution in [-0.2, 0) is 0 Å². The number of aromatic nitrogens is 1. The van der Waals surface area contributed by atoms with E-state index >= 15 is 0 Å². The number of hydrogen-bond acceptors (Lipinski definition) is 5. The second-order valence-electron chi connectivity index (χ2n) is 2.36. The summed E-state index contributed by atoms with van der Waals surface area (Å²) < 4.78 is 0. The van der Waals surface area contributed by atoms with E-state index in [1.807, 2.05) is 0 Å². The first kappa shape index (κ1) is 6.90. The van der Waals surface area contributed by atoms with E-state index in [2.05, 4.69) is 15.4 Å². The van der Waals surface area contributed by atoms with Crippen molar-refractivity contribution in [3.8, 4) is 5.75 Å². The summed E-state index contributed by atoms with van der Waals surface area (Å²) >= 11 is 0. The SMILES string of the molecule is Oc1cccnc1N1CN=CN1. The standard InChI is InChI=1S/C7H8N4O/c12-6-2-1-3-9-7(6)11-5-8-4-10-11/h1-4,12H,5H2,(H,8,10). The van der Waals surface area contributed by atoms with Crippen LogP contribution >= 0.6 is 0 Å². The van der Waals surface area contributed by atoms with Gasteiger partial charge in [-0.25, -0.2) is 9.99 Å². The van der Waals surface area contributed by atoms with Crippen molar-refractivity contribution < 1.29 is 5.11 Å². The van der Waals surface area contributed by atoms with Crippen LogP contribution in [0.3, 0.4) is 0 Å². The van der Waals surface area contributed by atoms with Gasteiger partial charge in [-0.15, -0.1) is 0 Å². The summed E-state index contributed by atoms with van der Waals surface area (Å²) in [5.41, 5.74) is 2.83. The zero-order chi connectivity index (χ0) is 8.39. The fourth-order valence-corrected chi connectivity index (χ4v) is 0.998. The minimum absolute atomic E-state index is 0.149. The molecular formula is C7H8N4O. The van der Waals surface area contributed by atoms with Gasteiger partial charge in [0, 0.05) is 6.20 Å². The van der Waals surface area contributed by atoms with E-state index in [0.29, 0.717) is 12.5 Å². The third kappa shape index (κ3) is 1.05. The predicted molar refractivity (Wildman–Crippen MR) is 44.9 cm³/mol. The zero-order valence-electron chi connectivity index (χ0n) is 6.31. The Hall–Kier alpha value is -1.78. The van der Waals surface area contributed by atoms with Crippen LogP contribution < -0.4 is 10.4 Å². The molecule has 0 aliphatic carbocycles. The van der Waals surface area contributed by atoms with Crippen LogP contribution in [0.2, 0.25) is 0 Å². The Balaban J connectivity index is 2.27. The van der Waals surface area contributed by atoms with Crippen molar-refractivity contribution in [2.75, 3.05) is 11.7 Å². The van der Waals surface area contributed by atoms with Gasteiger partial charge in [0.25, 0.3) is 0 Å². The molecule has 2 heterocycles. The van der Waals surface area contributed by atoms with Crippen molar-refractivity contribution in [2.45, 2.75) is 0 Å². The lowest BCUT2D eigenvalue weighted by atomic mass is 10.4. The minimum Gasteiger partial charge on any atom is -0.504 e. The minimum atomic E-state index is 0.149. The summed E-state index contributed by atoms with van der Waals surface area (Å²) in [6, 6.07) is 3.26. The summed E-state index contributed by atoms with van der Waals surface area (Å²) in [7, 11) is 0. The molecule has 5 heteroatoms. The molecule has 1 aliphatic rings. The molecular weight excluding hydrogens is 156 g/mol. The van der Waals surface area contributed by atoms with Gasteiger partial charge in [-0.3, -0.25) is 10.4 Å². The topological polar surface area (TPSA) is 60.8 Å². The van der Waals surface area contributed by atoms with E-state index in [9.17, 15) is 5.11 Å². The van der Waals surface area contributed by atoms with E-state index in [4.69, 9.17) is 0 Å². The fourth-order valence-electron chi connectivity index (χ4n) is 0.998. The molecule has 2 N–H and O–H groups in total. The van der Waals surface area contributed by atoms with Gasteiger partial charge >= 0.3 is 0 Å². The van der Waals surface area contributed by atoms with Crippen LogP contribution in [0.4, 0.5) is 5.82 Å². The summed E-state index contributed by atoms with van der Waals surface area (Å²) in [5, 5.41) is 11.0. The van der Waals surface area contributed by atoms with E-state index in [1.54, 1.807) is 29.7 Å². The second kappa shape index (κ2) is 2.69. The number of anilines is 1. The maximum Gasteiger partial charge on any atom is 0.191 e. The highest BCUT2D eigenvalue weighted by Crippen LogP contribution is 2.22. The summed E-state index contributed by atoms with van der Waals surface area (Å²) in [4.78, 5) is 7.91. The number of aromatic hydroxyl groups is 1. The normalized spacial score (nSPS) is 14.8. The van der Waals surface area contributed by atoms with Crippen LogP contribution in [0.5, 0.6) is 5.75 Å². The van der Waals surface area contributed by atoms with Crippen LogP contribution in [0.15, 0.2) is 23.3 Å². The first-order chi connectivity index (χ1) is 5.88. The monoisotopic (exact) mass is 164 g/mol. The van der Waals surface area contributed by atoms with Gasteiger partial charge < -0.3 is 5.11 Å². The number of aliphatic imine (C=N–C) groups is 1. The van der Waals surface area contributed by atoms with Crippen LogP contribution in [0.1, 0.15) is 0 Å². The molecule has 2 rings (SSSR count). The summed E-state index contributed by atoms with van der Waals surface area (Å²) in [5.74, 6) is 0.644. The molecule has 0 fully saturated rings.